The molecule has 0 aliphatic heterocycles. The maximum absolute atomic E-state index is 5.66. The number of benzene rings is 2. The van der Waals surface area contributed by atoms with Crippen LogP contribution in [0.25, 0.3) is 11.1 Å². The van der Waals surface area contributed by atoms with Gasteiger partial charge in [-0.15, -0.1) is 0 Å². The van der Waals surface area contributed by atoms with E-state index in [9.17, 15) is 0 Å². The molecule has 0 aliphatic rings. The summed E-state index contributed by atoms with van der Waals surface area (Å²) >= 11 is 3.57. The number of hydrogen-bond donors (Lipinski definition) is 1. The van der Waals surface area contributed by atoms with Gasteiger partial charge in [0, 0.05) is 11.0 Å². The van der Waals surface area contributed by atoms with Crippen LogP contribution in [-0.2, 0) is 6.54 Å². The molecule has 2 heteroatoms. The molecule has 0 fully saturated rings. The van der Waals surface area contributed by atoms with Crippen LogP contribution in [-0.4, -0.2) is 0 Å². The first-order chi connectivity index (χ1) is 7.70. The molecule has 0 amide bonds. The highest BCUT2D eigenvalue weighted by Gasteiger charge is 2.03. The van der Waals surface area contributed by atoms with Crippen LogP contribution in [0, 0.1) is 6.92 Å². The van der Waals surface area contributed by atoms with E-state index in [1.165, 1.54) is 16.7 Å². The van der Waals surface area contributed by atoms with Crippen molar-refractivity contribution in [2.45, 2.75) is 13.5 Å². The molecule has 0 spiro atoms. The van der Waals surface area contributed by atoms with E-state index in [1.807, 2.05) is 6.07 Å². The minimum absolute atomic E-state index is 0.576. The summed E-state index contributed by atoms with van der Waals surface area (Å²) in [6.45, 7) is 2.67. The zero-order valence-electron chi connectivity index (χ0n) is 9.20. The Hall–Kier alpha value is -1.12. The maximum atomic E-state index is 5.66. The van der Waals surface area contributed by atoms with E-state index in [1.54, 1.807) is 0 Å². The predicted molar refractivity (Wildman–Crippen MR) is 72.2 cm³/mol. The fourth-order valence-corrected chi connectivity index (χ4v) is 2.13. The van der Waals surface area contributed by atoms with Crippen molar-refractivity contribution < 1.29 is 0 Å². The molecule has 2 rings (SSSR count). The van der Waals surface area contributed by atoms with E-state index in [0.717, 1.165) is 10.0 Å². The Balaban J connectivity index is 2.50. The summed E-state index contributed by atoms with van der Waals surface area (Å²) < 4.78 is 1.11. The molecule has 2 aromatic rings. The van der Waals surface area contributed by atoms with Crippen molar-refractivity contribution in [3.63, 3.8) is 0 Å². The SMILES string of the molecule is Cc1ccc(-c2cc(CN)ccc2Br)cc1. The van der Waals surface area contributed by atoms with Gasteiger partial charge < -0.3 is 5.73 Å². The van der Waals surface area contributed by atoms with E-state index < -0.39 is 0 Å². The van der Waals surface area contributed by atoms with E-state index in [2.05, 4.69) is 59.3 Å². The first-order valence-corrected chi connectivity index (χ1v) is 6.05. The average molecular weight is 276 g/mol. The highest BCUT2D eigenvalue weighted by Crippen LogP contribution is 2.29. The lowest BCUT2D eigenvalue weighted by molar-refractivity contribution is 1.07. The zero-order chi connectivity index (χ0) is 11.5. The van der Waals surface area contributed by atoms with Gasteiger partial charge in [0.25, 0.3) is 0 Å². The van der Waals surface area contributed by atoms with Crippen LogP contribution in [0.15, 0.2) is 46.9 Å². The van der Waals surface area contributed by atoms with Crippen LogP contribution in [0.3, 0.4) is 0 Å². The summed E-state index contributed by atoms with van der Waals surface area (Å²) in [5, 5.41) is 0. The second-order valence-corrected chi connectivity index (χ2v) is 4.74. The summed E-state index contributed by atoms with van der Waals surface area (Å²) in [5.41, 5.74) is 10.5. The van der Waals surface area contributed by atoms with Crippen LogP contribution in [0.1, 0.15) is 11.1 Å². The molecule has 2 aromatic carbocycles. The topological polar surface area (TPSA) is 26.0 Å². The fourth-order valence-electron chi connectivity index (χ4n) is 1.65. The molecular weight excluding hydrogens is 262 g/mol. The van der Waals surface area contributed by atoms with Crippen LogP contribution in [0.2, 0.25) is 0 Å². The smallest absolute Gasteiger partial charge is 0.0253 e. The Morgan fingerprint density at radius 2 is 1.75 bits per heavy atom. The first-order valence-electron chi connectivity index (χ1n) is 5.26. The molecule has 16 heavy (non-hydrogen) atoms. The second-order valence-electron chi connectivity index (χ2n) is 3.88. The molecule has 0 aromatic heterocycles. The van der Waals surface area contributed by atoms with E-state index in [-0.39, 0.29) is 0 Å². The minimum Gasteiger partial charge on any atom is -0.326 e. The molecule has 0 unspecified atom stereocenters. The highest BCUT2D eigenvalue weighted by atomic mass is 79.9. The predicted octanol–water partition coefficient (Wildman–Crippen LogP) is 3.88. The van der Waals surface area contributed by atoms with E-state index in [4.69, 9.17) is 5.73 Å². The Morgan fingerprint density at radius 3 is 2.38 bits per heavy atom. The van der Waals surface area contributed by atoms with Crippen molar-refractivity contribution in [1.82, 2.24) is 0 Å². The molecule has 0 aliphatic carbocycles. The third kappa shape index (κ3) is 2.34. The lowest BCUT2D eigenvalue weighted by Gasteiger charge is -2.07. The van der Waals surface area contributed by atoms with Crippen molar-refractivity contribution in [1.29, 1.82) is 0 Å². The van der Waals surface area contributed by atoms with Gasteiger partial charge in [0.05, 0.1) is 0 Å². The quantitative estimate of drug-likeness (QED) is 0.885. The standard InChI is InChI=1S/C14H14BrN/c1-10-2-5-12(6-3-10)13-8-11(9-16)4-7-14(13)15/h2-8H,9,16H2,1H3. The number of halogens is 1. The Labute approximate surface area is 104 Å². The van der Waals surface area contributed by atoms with Crippen molar-refractivity contribution in [3.8, 4) is 11.1 Å². The monoisotopic (exact) mass is 275 g/mol. The fraction of sp³-hybridized carbons (Fsp3) is 0.143. The summed E-state index contributed by atoms with van der Waals surface area (Å²) in [7, 11) is 0. The van der Waals surface area contributed by atoms with Crippen LogP contribution >= 0.6 is 15.9 Å². The second kappa shape index (κ2) is 4.81. The number of rotatable bonds is 2. The Morgan fingerprint density at radius 1 is 1.06 bits per heavy atom. The average Bonchev–Trinajstić information content (AvgIpc) is 2.31. The van der Waals surface area contributed by atoms with Crippen LogP contribution in [0.4, 0.5) is 0 Å². The third-order valence-electron chi connectivity index (χ3n) is 2.63. The molecule has 0 heterocycles. The van der Waals surface area contributed by atoms with Gasteiger partial charge in [0.15, 0.2) is 0 Å². The Bertz CT molecular complexity index is 489. The summed E-state index contributed by atoms with van der Waals surface area (Å²) in [4.78, 5) is 0. The van der Waals surface area contributed by atoms with Crippen molar-refractivity contribution in [2.24, 2.45) is 5.73 Å². The van der Waals surface area contributed by atoms with Gasteiger partial charge in [-0.2, -0.15) is 0 Å². The summed E-state index contributed by atoms with van der Waals surface area (Å²) in [6, 6.07) is 14.7. The molecule has 0 saturated carbocycles. The van der Waals surface area contributed by atoms with Gasteiger partial charge in [0.1, 0.15) is 0 Å². The summed E-state index contributed by atoms with van der Waals surface area (Å²) in [6.07, 6.45) is 0. The molecule has 0 atom stereocenters. The van der Waals surface area contributed by atoms with Crippen molar-refractivity contribution >= 4 is 15.9 Å². The molecule has 2 N–H and O–H groups in total. The van der Waals surface area contributed by atoms with Gasteiger partial charge in [-0.05, 0) is 35.7 Å². The maximum Gasteiger partial charge on any atom is 0.0253 e. The first kappa shape index (κ1) is 11.4. The van der Waals surface area contributed by atoms with Gasteiger partial charge in [0.2, 0.25) is 0 Å². The lowest BCUT2D eigenvalue weighted by atomic mass is 10.0. The van der Waals surface area contributed by atoms with Gasteiger partial charge in [-0.1, -0.05) is 51.8 Å². The van der Waals surface area contributed by atoms with Gasteiger partial charge in [-0.25, -0.2) is 0 Å². The van der Waals surface area contributed by atoms with Crippen molar-refractivity contribution in [3.05, 3.63) is 58.1 Å². The molecule has 0 radical (unpaired) electrons. The zero-order valence-corrected chi connectivity index (χ0v) is 10.8. The van der Waals surface area contributed by atoms with E-state index >= 15 is 0 Å². The van der Waals surface area contributed by atoms with Crippen LogP contribution in [0.5, 0.6) is 0 Å². The number of aryl methyl sites for hydroxylation is 1. The Kier molecular flexibility index (Phi) is 3.42. The molecular formula is C14H14BrN. The largest absolute Gasteiger partial charge is 0.326 e. The minimum atomic E-state index is 0.576. The van der Waals surface area contributed by atoms with Crippen molar-refractivity contribution in [2.75, 3.05) is 0 Å². The highest BCUT2D eigenvalue weighted by molar-refractivity contribution is 9.10. The summed E-state index contributed by atoms with van der Waals surface area (Å²) in [5.74, 6) is 0. The van der Waals surface area contributed by atoms with Gasteiger partial charge in [-0.3, -0.25) is 0 Å². The molecule has 1 nitrogen and oxygen atoms in total. The third-order valence-corrected chi connectivity index (χ3v) is 3.32. The number of nitrogens with two attached hydrogens (primary N) is 1. The normalized spacial score (nSPS) is 10.4. The van der Waals surface area contributed by atoms with E-state index in [0.29, 0.717) is 6.54 Å². The molecule has 0 saturated heterocycles. The molecule has 0 bridgehead atoms. The molecule has 82 valence electrons. The van der Waals surface area contributed by atoms with Crippen LogP contribution < -0.4 is 5.73 Å². The lowest BCUT2D eigenvalue weighted by Crippen LogP contribution is -1.96. The van der Waals surface area contributed by atoms with Gasteiger partial charge >= 0.3 is 0 Å². The number of hydrogen-bond acceptors (Lipinski definition) is 1.